The van der Waals surface area contributed by atoms with Crippen LogP contribution >= 0.6 is 0 Å². The largest absolute Gasteiger partial charge is 0.477 e. The quantitative estimate of drug-likeness (QED) is 0.514. The first-order valence-corrected chi connectivity index (χ1v) is 2.84. The molecule has 0 aromatic heterocycles. The highest BCUT2D eigenvalue weighted by Gasteiger charge is 2.30. The molecule has 0 aromatic rings. The number of carboxylic acids is 1. The van der Waals surface area contributed by atoms with Crippen molar-refractivity contribution in [3.8, 4) is 0 Å². The topological polar surface area (TPSA) is 76.0 Å². The van der Waals surface area contributed by atoms with Crippen LogP contribution in [0.5, 0.6) is 0 Å². The Hall–Kier alpha value is -0.650. The van der Waals surface area contributed by atoms with Crippen molar-refractivity contribution in [3.05, 3.63) is 0 Å². The van der Waals surface area contributed by atoms with Gasteiger partial charge in [0.1, 0.15) is 6.10 Å². The van der Waals surface area contributed by atoms with Crippen molar-refractivity contribution in [2.24, 2.45) is 0 Å². The fourth-order valence-electron chi connectivity index (χ4n) is 0.673. The van der Waals surface area contributed by atoms with E-state index in [4.69, 9.17) is 14.9 Å². The zero-order valence-electron chi connectivity index (χ0n) is 5.19. The zero-order chi connectivity index (χ0) is 7.56. The molecule has 5 heteroatoms. The number of ether oxygens (including phenoxy) is 2. The summed E-state index contributed by atoms with van der Waals surface area (Å²) in [5.41, 5.74) is 0. The Morgan fingerprint density at radius 1 is 1.70 bits per heavy atom. The molecule has 1 heterocycles. The Bertz CT molecular complexity index is 134. The molecule has 5 nitrogen and oxygen atoms in total. The third-order valence-electron chi connectivity index (χ3n) is 1.15. The van der Waals surface area contributed by atoms with Crippen molar-refractivity contribution in [3.63, 3.8) is 0 Å². The summed E-state index contributed by atoms with van der Waals surface area (Å²) in [6.07, 6.45) is -1.68. The van der Waals surface area contributed by atoms with Gasteiger partial charge in [0.2, 0.25) is 0 Å². The van der Waals surface area contributed by atoms with E-state index in [-0.39, 0.29) is 13.2 Å². The first-order chi connectivity index (χ1) is 4.74. The molecule has 0 amide bonds. The first kappa shape index (κ1) is 7.46. The number of hydrogen-bond donors (Lipinski definition) is 2. The van der Waals surface area contributed by atoms with Crippen molar-refractivity contribution in [2.45, 2.75) is 12.4 Å². The predicted molar refractivity (Wildman–Crippen MR) is 29.3 cm³/mol. The van der Waals surface area contributed by atoms with Gasteiger partial charge in [0.15, 0.2) is 0 Å². The van der Waals surface area contributed by atoms with E-state index in [2.05, 4.69) is 4.74 Å². The lowest BCUT2D eigenvalue weighted by atomic mass is 10.4. The molecule has 58 valence electrons. The molecule has 10 heavy (non-hydrogen) atoms. The summed E-state index contributed by atoms with van der Waals surface area (Å²) in [5.74, 6) is -1.16. The Labute approximate surface area is 57.2 Å². The average molecular weight is 148 g/mol. The summed E-state index contributed by atoms with van der Waals surface area (Å²) in [4.78, 5) is 10.1. The van der Waals surface area contributed by atoms with Crippen LogP contribution in [0.1, 0.15) is 0 Å². The van der Waals surface area contributed by atoms with Crippen molar-refractivity contribution < 1.29 is 24.5 Å². The number of rotatable bonds is 2. The Kier molecular flexibility index (Phi) is 2.21. The molecule has 1 aliphatic heterocycles. The molecule has 2 atom stereocenters. The lowest BCUT2D eigenvalue weighted by Crippen LogP contribution is -2.22. The summed E-state index contributed by atoms with van der Waals surface area (Å²) < 4.78 is 9.34. The van der Waals surface area contributed by atoms with Crippen molar-refractivity contribution >= 4 is 5.97 Å². The van der Waals surface area contributed by atoms with Crippen molar-refractivity contribution in [2.75, 3.05) is 13.2 Å². The van der Waals surface area contributed by atoms with Gasteiger partial charge in [0, 0.05) is 0 Å². The van der Waals surface area contributed by atoms with E-state index in [0.29, 0.717) is 0 Å². The molecule has 1 saturated heterocycles. The highest BCUT2D eigenvalue weighted by molar-refractivity contribution is 5.70. The van der Waals surface area contributed by atoms with E-state index in [1.165, 1.54) is 0 Å². The smallest absolute Gasteiger partial charge is 0.361 e. The molecule has 1 fully saturated rings. The third-order valence-corrected chi connectivity index (χ3v) is 1.15. The maximum absolute atomic E-state index is 10.1. The second-order valence-electron chi connectivity index (χ2n) is 1.94. The van der Waals surface area contributed by atoms with Crippen molar-refractivity contribution in [1.29, 1.82) is 0 Å². The lowest BCUT2D eigenvalue weighted by molar-refractivity contribution is -0.168. The van der Waals surface area contributed by atoms with E-state index in [0.717, 1.165) is 0 Å². The average Bonchev–Trinajstić information content (AvgIpc) is 2.34. The number of aliphatic hydroxyl groups excluding tert-OH is 1. The van der Waals surface area contributed by atoms with Gasteiger partial charge in [-0.15, -0.1) is 0 Å². The van der Waals surface area contributed by atoms with Crippen LogP contribution in [0.4, 0.5) is 0 Å². The molecular weight excluding hydrogens is 140 g/mol. The molecule has 1 aliphatic rings. The predicted octanol–water partition coefficient (Wildman–Crippen LogP) is -1.20. The molecule has 0 radical (unpaired) electrons. The van der Waals surface area contributed by atoms with E-state index in [1.54, 1.807) is 0 Å². The van der Waals surface area contributed by atoms with Crippen LogP contribution in [-0.2, 0) is 14.3 Å². The van der Waals surface area contributed by atoms with E-state index < -0.39 is 18.4 Å². The lowest BCUT2D eigenvalue weighted by Gasteiger charge is -2.03. The van der Waals surface area contributed by atoms with Crippen LogP contribution in [0.3, 0.4) is 0 Å². The molecule has 0 bridgehead atoms. The number of carbonyl (C=O) groups is 1. The summed E-state index contributed by atoms with van der Waals surface area (Å²) in [5, 5.41) is 16.8. The normalized spacial score (nSPS) is 32.5. The second-order valence-corrected chi connectivity index (χ2v) is 1.94. The fourth-order valence-corrected chi connectivity index (χ4v) is 0.673. The second kappa shape index (κ2) is 2.96. The molecule has 1 rings (SSSR count). The van der Waals surface area contributed by atoms with Gasteiger partial charge in [-0.2, -0.15) is 0 Å². The maximum Gasteiger partial charge on any atom is 0.361 e. The summed E-state index contributed by atoms with van der Waals surface area (Å²) in [6, 6.07) is 0. The number of carboxylic acid groups (broad SMARTS) is 1. The van der Waals surface area contributed by atoms with Crippen LogP contribution in [0.25, 0.3) is 0 Å². The van der Waals surface area contributed by atoms with Crippen LogP contribution in [0, 0.1) is 0 Å². The molecule has 2 N–H and O–H groups in total. The summed E-state index contributed by atoms with van der Waals surface area (Å²) >= 11 is 0. The molecule has 0 saturated carbocycles. The van der Waals surface area contributed by atoms with Gasteiger partial charge in [0.25, 0.3) is 6.29 Å². The Balaban J connectivity index is 2.35. The molecular formula is C5H8O5. The molecule has 0 aliphatic carbocycles. The van der Waals surface area contributed by atoms with Crippen molar-refractivity contribution in [1.82, 2.24) is 0 Å². The molecule has 0 spiro atoms. The van der Waals surface area contributed by atoms with E-state index in [1.807, 2.05) is 0 Å². The number of aliphatic hydroxyl groups is 1. The minimum absolute atomic E-state index is 0.146. The first-order valence-electron chi connectivity index (χ1n) is 2.84. The minimum Gasteiger partial charge on any atom is -0.477 e. The van der Waals surface area contributed by atoms with Gasteiger partial charge in [0.05, 0.1) is 13.2 Å². The Morgan fingerprint density at radius 2 is 2.40 bits per heavy atom. The standard InChI is InChI=1S/C5H8O5/c6-1-3-2-9-5(10-3)4(7)8/h3,5-6H,1-2H2,(H,7,8). The SMILES string of the molecule is O=C(O)C1OCC(CO)O1. The van der Waals surface area contributed by atoms with Gasteiger partial charge in [-0.1, -0.05) is 0 Å². The van der Waals surface area contributed by atoms with Crippen LogP contribution in [0.2, 0.25) is 0 Å². The van der Waals surface area contributed by atoms with Crippen LogP contribution < -0.4 is 0 Å². The molecule has 2 unspecified atom stereocenters. The van der Waals surface area contributed by atoms with Gasteiger partial charge in [-0.3, -0.25) is 0 Å². The maximum atomic E-state index is 10.1. The summed E-state index contributed by atoms with van der Waals surface area (Å²) in [6.45, 7) is -0.0583. The highest BCUT2D eigenvalue weighted by atomic mass is 16.7. The third kappa shape index (κ3) is 1.44. The van der Waals surface area contributed by atoms with Gasteiger partial charge in [-0.25, -0.2) is 4.79 Å². The highest BCUT2D eigenvalue weighted by Crippen LogP contribution is 2.10. The number of hydrogen-bond acceptors (Lipinski definition) is 4. The number of aliphatic carboxylic acids is 1. The minimum atomic E-state index is -1.20. The van der Waals surface area contributed by atoms with Gasteiger partial charge in [-0.05, 0) is 0 Å². The summed E-state index contributed by atoms with van der Waals surface area (Å²) in [7, 11) is 0. The van der Waals surface area contributed by atoms with Crippen LogP contribution in [0.15, 0.2) is 0 Å². The van der Waals surface area contributed by atoms with Gasteiger partial charge < -0.3 is 19.7 Å². The fraction of sp³-hybridized carbons (Fsp3) is 0.800. The van der Waals surface area contributed by atoms with Gasteiger partial charge >= 0.3 is 5.97 Å². The van der Waals surface area contributed by atoms with Crippen LogP contribution in [-0.4, -0.2) is 41.8 Å². The van der Waals surface area contributed by atoms with E-state index >= 15 is 0 Å². The van der Waals surface area contributed by atoms with E-state index in [9.17, 15) is 4.79 Å². The zero-order valence-corrected chi connectivity index (χ0v) is 5.19. The molecule has 0 aromatic carbocycles. The monoisotopic (exact) mass is 148 g/mol. The Morgan fingerprint density at radius 3 is 2.70 bits per heavy atom.